The van der Waals surface area contributed by atoms with Gasteiger partial charge in [0.2, 0.25) is 5.01 Å². The molecule has 0 spiro atoms. The minimum absolute atomic E-state index is 0.0525. The van der Waals surface area contributed by atoms with Crippen molar-refractivity contribution >= 4 is 40.0 Å². The van der Waals surface area contributed by atoms with Crippen molar-refractivity contribution in [2.24, 2.45) is 0 Å². The molecule has 0 saturated heterocycles. The van der Waals surface area contributed by atoms with Crippen LogP contribution in [0.1, 0.15) is 31.5 Å². The van der Waals surface area contributed by atoms with Gasteiger partial charge in [0.1, 0.15) is 5.75 Å². The number of nitrogens with zero attached hydrogens (tertiary/aromatic N) is 2. The number of alkyl halides is 2. The summed E-state index contributed by atoms with van der Waals surface area (Å²) in [5.41, 5.74) is 2.79. The van der Waals surface area contributed by atoms with E-state index in [0.717, 1.165) is 22.5 Å². The van der Waals surface area contributed by atoms with E-state index in [0.29, 0.717) is 17.1 Å². The van der Waals surface area contributed by atoms with Gasteiger partial charge in [-0.1, -0.05) is 64.9 Å². The largest absolute Gasteiger partial charge is 0.435 e. The number of carbonyl (C=O) groups excluding carboxylic acids is 1. The smallest absolute Gasteiger partial charge is 0.387 e. The van der Waals surface area contributed by atoms with Crippen LogP contribution < -0.4 is 10.1 Å². The van der Waals surface area contributed by atoms with E-state index in [1.54, 1.807) is 18.2 Å². The summed E-state index contributed by atoms with van der Waals surface area (Å²) >= 11 is 7.32. The monoisotopic (exact) mass is 435 g/mol. The van der Waals surface area contributed by atoms with E-state index in [4.69, 9.17) is 11.6 Å². The van der Waals surface area contributed by atoms with Crippen molar-refractivity contribution in [3.05, 3.63) is 75.2 Å². The average molecular weight is 436 g/mol. The highest BCUT2D eigenvalue weighted by Crippen LogP contribution is 2.26. The van der Waals surface area contributed by atoms with Crippen LogP contribution in [0.4, 0.5) is 8.78 Å². The van der Waals surface area contributed by atoms with Crippen molar-refractivity contribution in [1.29, 1.82) is 0 Å². The lowest BCUT2D eigenvalue weighted by atomic mass is 10.1. The van der Waals surface area contributed by atoms with Gasteiger partial charge in [-0.2, -0.15) is 8.78 Å². The Morgan fingerprint density at radius 1 is 1.14 bits per heavy atom. The van der Waals surface area contributed by atoms with Gasteiger partial charge in [0.05, 0.1) is 5.03 Å². The molecular formula is C20H16ClF2N3O2S. The molecule has 0 aliphatic carbocycles. The van der Waals surface area contributed by atoms with Crippen LogP contribution in [-0.4, -0.2) is 22.7 Å². The van der Waals surface area contributed by atoms with Crippen molar-refractivity contribution < 1.29 is 18.3 Å². The Kier molecular flexibility index (Phi) is 6.90. The van der Waals surface area contributed by atoms with Gasteiger partial charge in [-0.15, -0.1) is 10.2 Å². The number of benzene rings is 2. The topological polar surface area (TPSA) is 64.1 Å². The summed E-state index contributed by atoms with van der Waals surface area (Å²) in [4.78, 5) is 12.3. The summed E-state index contributed by atoms with van der Waals surface area (Å²) in [5.74, 6) is -0.288. The van der Waals surface area contributed by atoms with E-state index in [1.165, 1.54) is 12.1 Å². The molecule has 150 valence electrons. The molecule has 0 saturated carbocycles. The van der Waals surface area contributed by atoms with Gasteiger partial charge in [0, 0.05) is 6.54 Å². The molecule has 0 fully saturated rings. The standard InChI is InChI=1S/C20H16ClF2N3O2S/c1-12-2-4-14(5-3-12)11-24-17(27)19-26-25-18(29-19)16(21)10-13-6-8-15(9-7-13)28-20(22)23/h2-10,20H,11H2,1H3,(H,24,27)/b16-10-. The molecular weight excluding hydrogens is 420 g/mol. The third-order valence-electron chi connectivity index (χ3n) is 3.80. The SMILES string of the molecule is Cc1ccc(CNC(=O)c2nnc(/C(Cl)=C/c3ccc(OC(F)F)cc3)s2)cc1. The number of nitrogens with one attached hydrogen (secondary N) is 1. The third kappa shape index (κ3) is 6.07. The molecule has 1 heterocycles. The lowest BCUT2D eigenvalue weighted by molar-refractivity contribution is -0.0498. The van der Waals surface area contributed by atoms with Crippen LogP contribution >= 0.6 is 22.9 Å². The molecule has 0 unspecified atom stereocenters. The Labute approximate surface area is 175 Å². The van der Waals surface area contributed by atoms with Crippen molar-refractivity contribution in [3.63, 3.8) is 0 Å². The number of amides is 1. The molecule has 0 aliphatic rings. The number of aryl methyl sites for hydroxylation is 1. The highest BCUT2D eigenvalue weighted by molar-refractivity contribution is 7.15. The zero-order valence-corrected chi connectivity index (χ0v) is 16.8. The number of carbonyl (C=O) groups is 1. The molecule has 5 nitrogen and oxygen atoms in total. The second-order valence-corrected chi connectivity index (χ2v) is 7.41. The van der Waals surface area contributed by atoms with Gasteiger partial charge in [0.15, 0.2) is 5.01 Å². The van der Waals surface area contributed by atoms with E-state index >= 15 is 0 Å². The fraction of sp³-hybridized carbons (Fsp3) is 0.150. The predicted octanol–water partition coefficient (Wildman–Crippen LogP) is 5.11. The molecule has 2 aromatic carbocycles. The number of hydrogen-bond donors (Lipinski definition) is 1. The molecule has 3 aromatic rings. The number of aromatic nitrogens is 2. The maximum absolute atomic E-state index is 12.3. The highest BCUT2D eigenvalue weighted by Gasteiger charge is 2.14. The van der Waals surface area contributed by atoms with E-state index in [1.807, 2.05) is 31.2 Å². The second kappa shape index (κ2) is 9.58. The van der Waals surface area contributed by atoms with Crippen LogP contribution in [0.25, 0.3) is 11.1 Å². The molecule has 29 heavy (non-hydrogen) atoms. The lowest BCUT2D eigenvalue weighted by Gasteiger charge is -2.04. The molecule has 3 rings (SSSR count). The fourth-order valence-electron chi connectivity index (χ4n) is 2.33. The predicted molar refractivity (Wildman–Crippen MR) is 109 cm³/mol. The van der Waals surface area contributed by atoms with Gasteiger partial charge in [-0.05, 0) is 36.3 Å². The summed E-state index contributed by atoms with van der Waals surface area (Å²) in [6.07, 6.45) is 1.60. The summed E-state index contributed by atoms with van der Waals surface area (Å²) in [6, 6.07) is 13.8. The minimum Gasteiger partial charge on any atom is -0.435 e. The molecule has 9 heteroatoms. The number of hydrogen-bond acceptors (Lipinski definition) is 5. The number of rotatable bonds is 7. The van der Waals surface area contributed by atoms with E-state index < -0.39 is 6.61 Å². The maximum atomic E-state index is 12.3. The molecule has 0 atom stereocenters. The van der Waals surface area contributed by atoms with Crippen molar-refractivity contribution in [3.8, 4) is 5.75 Å². The zero-order chi connectivity index (χ0) is 20.8. The van der Waals surface area contributed by atoms with Gasteiger partial charge < -0.3 is 10.1 Å². The zero-order valence-electron chi connectivity index (χ0n) is 15.2. The quantitative estimate of drug-likeness (QED) is 0.559. The van der Waals surface area contributed by atoms with Gasteiger partial charge in [0.25, 0.3) is 5.91 Å². The molecule has 1 amide bonds. The lowest BCUT2D eigenvalue weighted by Crippen LogP contribution is -2.22. The van der Waals surface area contributed by atoms with Gasteiger partial charge in [-0.3, -0.25) is 4.79 Å². The Morgan fingerprint density at radius 2 is 1.79 bits per heavy atom. The van der Waals surface area contributed by atoms with Crippen LogP contribution in [0.5, 0.6) is 5.75 Å². The molecule has 0 bridgehead atoms. The van der Waals surface area contributed by atoms with Crippen LogP contribution in [0.3, 0.4) is 0 Å². The molecule has 0 aliphatic heterocycles. The first-order valence-electron chi connectivity index (χ1n) is 8.50. The minimum atomic E-state index is -2.88. The highest BCUT2D eigenvalue weighted by atomic mass is 35.5. The number of ether oxygens (including phenoxy) is 1. The van der Waals surface area contributed by atoms with Crippen LogP contribution in [-0.2, 0) is 6.54 Å². The first-order valence-corrected chi connectivity index (χ1v) is 9.70. The summed E-state index contributed by atoms with van der Waals surface area (Å²) in [7, 11) is 0. The van der Waals surface area contributed by atoms with Gasteiger partial charge in [-0.25, -0.2) is 0 Å². The van der Waals surface area contributed by atoms with Crippen molar-refractivity contribution in [1.82, 2.24) is 15.5 Å². The van der Waals surface area contributed by atoms with E-state index in [-0.39, 0.29) is 21.7 Å². The van der Waals surface area contributed by atoms with E-state index in [9.17, 15) is 13.6 Å². The van der Waals surface area contributed by atoms with Gasteiger partial charge >= 0.3 is 6.61 Å². The van der Waals surface area contributed by atoms with E-state index in [2.05, 4.69) is 20.3 Å². The normalized spacial score (nSPS) is 11.6. The van der Waals surface area contributed by atoms with Crippen LogP contribution in [0.2, 0.25) is 0 Å². The third-order valence-corrected chi connectivity index (χ3v) is 5.15. The maximum Gasteiger partial charge on any atom is 0.387 e. The molecule has 0 radical (unpaired) electrons. The Balaban J connectivity index is 1.62. The Morgan fingerprint density at radius 3 is 2.45 bits per heavy atom. The Bertz CT molecular complexity index is 1010. The molecule has 1 aromatic heterocycles. The van der Waals surface area contributed by atoms with Crippen molar-refractivity contribution in [2.75, 3.05) is 0 Å². The summed E-state index contributed by atoms with van der Waals surface area (Å²) in [5, 5.41) is 11.5. The summed E-state index contributed by atoms with van der Waals surface area (Å²) < 4.78 is 28.7. The number of halogens is 3. The summed E-state index contributed by atoms with van der Waals surface area (Å²) in [6.45, 7) is -0.504. The Hall–Kier alpha value is -2.84. The second-order valence-electron chi connectivity index (χ2n) is 6.02. The van der Waals surface area contributed by atoms with Crippen molar-refractivity contribution in [2.45, 2.75) is 20.1 Å². The average Bonchev–Trinajstić information content (AvgIpc) is 3.19. The molecule has 1 N–H and O–H groups in total. The van der Waals surface area contributed by atoms with Crippen LogP contribution in [0, 0.1) is 6.92 Å². The first-order chi connectivity index (χ1) is 13.9. The fourth-order valence-corrected chi connectivity index (χ4v) is 3.28. The van der Waals surface area contributed by atoms with Crippen LogP contribution in [0.15, 0.2) is 48.5 Å². The first kappa shape index (κ1) is 20.9.